The molecule has 0 saturated carbocycles. The van der Waals surface area contributed by atoms with E-state index in [0.717, 1.165) is 10.6 Å². The van der Waals surface area contributed by atoms with Crippen LogP contribution in [0.25, 0.3) is 0 Å². The van der Waals surface area contributed by atoms with Crippen LogP contribution in [0.5, 0.6) is 23.0 Å². The lowest BCUT2D eigenvalue weighted by Crippen LogP contribution is -2.06. The number of rotatable bonds is 6. The first-order valence-electron chi connectivity index (χ1n) is 15.0. The first-order chi connectivity index (χ1) is 20.2. The van der Waals surface area contributed by atoms with Crippen LogP contribution in [0.15, 0.2) is 97.1 Å². The lowest BCUT2D eigenvalue weighted by Gasteiger charge is -2.05. The van der Waals surface area contributed by atoms with Crippen molar-refractivity contribution in [3.8, 4) is 23.0 Å². The van der Waals surface area contributed by atoms with Crippen molar-refractivity contribution in [1.82, 2.24) is 0 Å². The van der Waals surface area contributed by atoms with Crippen LogP contribution >= 0.6 is 7.80 Å². The van der Waals surface area contributed by atoms with Gasteiger partial charge >= 0.3 is 7.80 Å². The second kappa shape index (κ2) is 23.8. The molecule has 0 bridgehead atoms. The molecule has 0 aliphatic carbocycles. The third-order valence-corrected chi connectivity index (χ3v) is 5.91. The summed E-state index contributed by atoms with van der Waals surface area (Å²) < 4.78 is 24.5. The van der Waals surface area contributed by atoms with Crippen molar-refractivity contribution in [3.05, 3.63) is 97.1 Å². The predicted octanol–water partition coefficient (Wildman–Crippen LogP) is 10.9. The Kier molecular flexibility index (Phi) is 21.7. The number of hydrogen-bond acceptors (Lipinski definition) is 5. The fourth-order valence-corrected chi connectivity index (χ4v) is 3.93. The van der Waals surface area contributed by atoms with Crippen LogP contribution in [0.1, 0.15) is 81.1 Å². The smallest absolute Gasteiger partial charge is 0.415 e. The first kappa shape index (κ1) is 38.2. The fraction of sp³-hybridized carbons (Fsp3) is 0.333. The van der Waals surface area contributed by atoms with E-state index in [9.17, 15) is 4.57 Å². The average Bonchev–Trinajstić information content (AvgIpc) is 2.98. The largest absolute Gasteiger partial charge is 0.457 e. The van der Waals surface area contributed by atoms with Crippen LogP contribution in [0.3, 0.4) is 0 Å². The Morgan fingerprint density at radius 1 is 0.429 bits per heavy atom. The number of ether oxygens (including phenoxy) is 2. The Labute approximate surface area is 256 Å². The molecule has 0 fully saturated rings. The van der Waals surface area contributed by atoms with E-state index in [1.807, 2.05) is 24.3 Å². The van der Waals surface area contributed by atoms with E-state index < -0.39 is 7.80 Å². The highest BCUT2D eigenvalue weighted by Crippen LogP contribution is 2.27. The maximum atomic E-state index is 12.9. The molecule has 4 aromatic rings. The van der Waals surface area contributed by atoms with Crippen molar-refractivity contribution in [2.75, 3.05) is 11.5 Å². The van der Waals surface area contributed by atoms with Crippen LogP contribution < -0.4 is 31.6 Å². The van der Waals surface area contributed by atoms with Crippen LogP contribution in [0.2, 0.25) is 0 Å². The van der Waals surface area contributed by atoms with Gasteiger partial charge in [0.2, 0.25) is 0 Å². The van der Waals surface area contributed by atoms with Gasteiger partial charge in [0, 0.05) is 11.4 Å². The Morgan fingerprint density at radius 2 is 0.619 bits per heavy atom. The molecule has 228 valence electrons. The van der Waals surface area contributed by atoms with Crippen LogP contribution in [-0.2, 0) is 4.57 Å². The minimum atomic E-state index is -1.72. The van der Waals surface area contributed by atoms with Crippen LogP contribution in [0, 0.1) is 0 Å². The SMILES string of the molecule is CCC.CCC.CCC.CCC.Nc1ccc(Oc2ccc([P+](=O)c3ccc(Oc4ccc(N)cc4)cc3)cc2)cc1. The molecule has 0 aliphatic heterocycles. The summed E-state index contributed by atoms with van der Waals surface area (Å²) in [5.74, 6) is 2.72. The van der Waals surface area contributed by atoms with Crippen LogP contribution in [-0.4, -0.2) is 0 Å². The van der Waals surface area contributed by atoms with Gasteiger partial charge in [-0.15, -0.1) is 0 Å². The summed E-state index contributed by atoms with van der Waals surface area (Å²) in [5, 5.41) is 1.45. The van der Waals surface area contributed by atoms with Gasteiger partial charge in [0.15, 0.2) is 10.6 Å². The van der Waals surface area contributed by atoms with Crippen molar-refractivity contribution < 1.29 is 14.0 Å². The van der Waals surface area contributed by atoms with Crippen molar-refractivity contribution in [2.24, 2.45) is 0 Å². The first-order valence-corrected chi connectivity index (χ1v) is 16.2. The average molecular weight is 592 g/mol. The van der Waals surface area contributed by atoms with E-state index in [2.05, 4.69) is 55.4 Å². The maximum absolute atomic E-state index is 12.9. The van der Waals surface area contributed by atoms with E-state index in [-0.39, 0.29) is 0 Å². The Balaban J connectivity index is 0.00000121. The van der Waals surface area contributed by atoms with Gasteiger partial charge in [0.25, 0.3) is 0 Å². The summed E-state index contributed by atoms with van der Waals surface area (Å²) in [7, 11) is -1.72. The molecule has 6 heteroatoms. The van der Waals surface area contributed by atoms with Gasteiger partial charge in [0.1, 0.15) is 23.0 Å². The summed E-state index contributed by atoms with van der Waals surface area (Å²) in [5.41, 5.74) is 12.7. The zero-order valence-corrected chi connectivity index (χ0v) is 27.8. The molecule has 0 heterocycles. The lowest BCUT2D eigenvalue weighted by molar-refractivity contribution is 0.482. The summed E-state index contributed by atoms with van der Waals surface area (Å²) in [4.78, 5) is 0. The van der Waals surface area contributed by atoms with Crippen molar-refractivity contribution in [2.45, 2.75) is 81.1 Å². The maximum Gasteiger partial charge on any atom is 0.415 e. The topological polar surface area (TPSA) is 87.6 Å². The van der Waals surface area contributed by atoms with E-state index in [0.29, 0.717) is 34.4 Å². The molecule has 42 heavy (non-hydrogen) atoms. The zero-order chi connectivity index (χ0) is 31.8. The van der Waals surface area contributed by atoms with Crippen molar-refractivity contribution >= 4 is 29.8 Å². The van der Waals surface area contributed by atoms with Gasteiger partial charge in [-0.2, -0.15) is 0 Å². The van der Waals surface area contributed by atoms with Crippen LogP contribution in [0.4, 0.5) is 11.4 Å². The third kappa shape index (κ3) is 16.4. The van der Waals surface area contributed by atoms with Gasteiger partial charge in [-0.1, -0.05) is 85.6 Å². The van der Waals surface area contributed by atoms with E-state index in [1.165, 1.54) is 25.7 Å². The standard InChI is InChI=1S/C24H20N2O3P.4C3H8/c25-17-1-5-19(6-2-17)28-21-9-13-23(14-10-21)30(27)24-15-11-22(12-16-24)29-20-7-3-18(26)4-8-20;4*1-3-2/h1-16H,25-26H2;4*3H2,1-2H3/q+1;;;;. The summed E-state index contributed by atoms with van der Waals surface area (Å²) in [6.07, 6.45) is 5.00. The van der Waals surface area contributed by atoms with E-state index in [4.69, 9.17) is 20.9 Å². The molecule has 4 aromatic carbocycles. The molecule has 0 radical (unpaired) electrons. The summed E-state index contributed by atoms with van der Waals surface area (Å²) in [6, 6.07) is 28.8. The van der Waals surface area contributed by atoms with Gasteiger partial charge in [-0.3, -0.25) is 0 Å². The Hall–Kier alpha value is -3.82. The number of hydrogen-bond donors (Lipinski definition) is 2. The van der Waals surface area contributed by atoms with Gasteiger partial charge in [-0.25, -0.2) is 0 Å². The minimum Gasteiger partial charge on any atom is -0.457 e. The van der Waals surface area contributed by atoms with Gasteiger partial charge < -0.3 is 20.9 Å². The molecule has 0 atom stereocenters. The molecule has 5 nitrogen and oxygen atoms in total. The lowest BCUT2D eigenvalue weighted by atomic mass is 10.3. The highest BCUT2D eigenvalue weighted by molar-refractivity contribution is 7.61. The molecule has 4 rings (SSSR count). The number of benzene rings is 4. The highest BCUT2D eigenvalue weighted by atomic mass is 31.1. The third-order valence-electron chi connectivity index (χ3n) is 4.37. The fourth-order valence-electron chi connectivity index (χ4n) is 2.79. The molecule has 0 unspecified atom stereocenters. The van der Waals surface area contributed by atoms with Gasteiger partial charge in [0.05, 0.1) is 0 Å². The number of nitrogen functional groups attached to an aromatic ring is 2. The predicted molar refractivity (Wildman–Crippen MR) is 185 cm³/mol. The Bertz CT molecular complexity index is 1110. The molecule has 0 spiro atoms. The van der Waals surface area contributed by atoms with Crippen molar-refractivity contribution in [3.63, 3.8) is 0 Å². The van der Waals surface area contributed by atoms with Gasteiger partial charge in [-0.05, 0) is 97.1 Å². The minimum absolute atomic E-state index is 0.666. The molecular weight excluding hydrogens is 539 g/mol. The molecule has 0 amide bonds. The highest BCUT2D eigenvalue weighted by Gasteiger charge is 2.23. The molecule has 4 N–H and O–H groups in total. The quantitative estimate of drug-likeness (QED) is 0.172. The molecular formula is C36H52N2O3P+. The number of anilines is 2. The Morgan fingerprint density at radius 3 is 0.833 bits per heavy atom. The zero-order valence-electron chi connectivity index (χ0n) is 26.9. The molecule has 0 aromatic heterocycles. The van der Waals surface area contributed by atoms with Crippen molar-refractivity contribution in [1.29, 1.82) is 0 Å². The molecule has 0 saturated heterocycles. The summed E-state index contributed by atoms with van der Waals surface area (Å²) in [6.45, 7) is 17.0. The normalized spacial score (nSPS) is 9.14. The number of nitrogens with two attached hydrogens (primary N) is 2. The van der Waals surface area contributed by atoms with E-state index >= 15 is 0 Å². The summed E-state index contributed by atoms with van der Waals surface area (Å²) >= 11 is 0. The second-order valence-corrected chi connectivity index (χ2v) is 11.1. The molecule has 0 aliphatic rings. The monoisotopic (exact) mass is 591 g/mol. The second-order valence-electron chi connectivity index (χ2n) is 9.45. The van der Waals surface area contributed by atoms with E-state index in [1.54, 1.807) is 72.8 Å².